The van der Waals surface area contributed by atoms with E-state index in [0.717, 1.165) is 5.56 Å². The van der Waals surface area contributed by atoms with Gasteiger partial charge in [0.2, 0.25) is 0 Å². The minimum absolute atomic E-state index is 0.458. The molecule has 3 heteroatoms. The summed E-state index contributed by atoms with van der Waals surface area (Å²) in [5.41, 5.74) is 0.197. The van der Waals surface area contributed by atoms with E-state index in [0.29, 0.717) is 19.5 Å². The Balaban J connectivity index is 2.34. The number of hydrogen-bond donors (Lipinski definition) is 3. The Morgan fingerprint density at radius 3 is 2.50 bits per heavy atom. The highest BCUT2D eigenvalue weighted by Gasteiger charge is 2.17. The van der Waals surface area contributed by atoms with Crippen molar-refractivity contribution in [2.24, 2.45) is 0 Å². The molecule has 0 spiro atoms. The molecule has 1 rings (SSSR count). The second-order valence-electron chi connectivity index (χ2n) is 4.41. The fourth-order valence-electron chi connectivity index (χ4n) is 1.40. The highest BCUT2D eigenvalue weighted by atomic mass is 16.3. The van der Waals surface area contributed by atoms with Crippen LogP contribution in [0.5, 0.6) is 0 Å². The topological polar surface area (TPSA) is 52.5 Å². The standard InChI is InChI=1S/C13H21NO2/c1-3-13(2,16)10-14-9-12(15)11-7-5-4-6-8-11/h4-8,12,14-16H,3,9-10H2,1-2H3. The van der Waals surface area contributed by atoms with Gasteiger partial charge in [0.05, 0.1) is 11.7 Å². The molecule has 3 N–H and O–H groups in total. The predicted octanol–water partition coefficient (Wildman–Crippen LogP) is 1.47. The van der Waals surface area contributed by atoms with Gasteiger partial charge in [0.15, 0.2) is 0 Å². The average molecular weight is 223 g/mol. The lowest BCUT2D eigenvalue weighted by molar-refractivity contribution is 0.0516. The number of hydrogen-bond acceptors (Lipinski definition) is 3. The first kappa shape index (κ1) is 13.2. The SMILES string of the molecule is CCC(C)(O)CNCC(O)c1ccccc1. The first-order chi connectivity index (χ1) is 7.55. The minimum Gasteiger partial charge on any atom is -0.389 e. The van der Waals surface area contributed by atoms with Gasteiger partial charge in [0.1, 0.15) is 0 Å². The van der Waals surface area contributed by atoms with Gasteiger partial charge in [-0.05, 0) is 18.9 Å². The van der Waals surface area contributed by atoms with Crippen LogP contribution >= 0.6 is 0 Å². The molecule has 16 heavy (non-hydrogen) atoms. The molecule has 0 saturated carbocycles. The molecule has 0 aromatic heterocycles. The highest BCUT2D eigenvalue weighted by molar-refractivity contribution is 5.17. The molecule has 0 saturated heterocycles. The van der Waals surface area contributed by atoms with Crippen molar-refractivity contribution in [2.45, 2.75) is 32.0 Å². The molecule has 0 radical (unpaired) electrons. The molecular formula is C13H21NO2. The smallest absolute Gasteiger partial charge is 0.0914 e. The van der Waals surface area contributed by atoms with E-state index in [4.69, 9.17) is 0 Å². The van der Waals surface area contributed by atoms with Crippen molar-refractivity contribution in [1.82, 2.24) is 5.32 Å². The lowest BCUT2D eigenvalue weighted by Gasteiger charge is -2.22. The summed E-state index contributed by atoms with van der Waals surface area (Å²) in [6.45, 7) is 4.68. The second kappa shape index (κ2) is 5.99. The van der Waals surface area contributed by atoms with E-state index in [1.54, 1.807) is 6.92 Å². The summed E-state index contributed by atoms with van der Waals surface area (Å²) in [6, 6.07) is 9.52. The molecule has 1 aromatic carbocycles. The lowest BCUT2D eigenvalue weighted by Crippen LogP contribution is -2.38. The Bertz CT molecular complexity index is 298. The maximum Gasteiger partial charge on any atom is 0.0914 e. The summed E-state index contributed by atoms with van der Waals surface area (Å²) in [7, 11) is 0. The molecule has 0 heterocycles. The third-order valence-electron chi connectivity index (χ3n) is 2.79. The Hall–Kier alpha value is -0.900. The van der Waals surface area contributed by atoms with Crippen LogP contribution in [0, 0.1) is 0 Å². The van der Waals surface area contributed by atoms with Gasteiger partial charge in [0, 0.05) is 13.1 Å². The zero-order chi connectivity index (χ0) is 12.0. The maximum absolute atomic E-state index is 9.85. The molecule has 0 fully saturated rings. The van der Waals surface area contributed by atoms with Gasteiger partial charge in [-0.1, -0.05) is 37.3 Å². The Kier molecular flexibility index (Phi) is 4.93. The highest BCUT2D eigenvalue weighted by Crippen LogP contribution is 2.11. The van der Waals surface area contributed by atoms with E-state index in [9.17, 15) is 10.2 Å². The zero-order valence-corrected chi connectivity index (χ0v) is 9.98. The van der Waals surface area contributed by atoms with Crippen LogP contribution in [0.25, 0.3) is 0 Å². The van der Waals surface area contributed by atoms with Gasteiger partial charge in [-0.15, -0.1) is 0 Å². The van der Waals surface area contributed by atoms with Crippen molar-refractivity contribution in [3.63, 3.8) is 0 Å². The fourth-order valence-corrected chi connectivity index (χ4v) is 1.40. The van der Waals surface area contributed by atoms with Crippen LogP contribution in [0.4, 0.5) is 0 Å². The van der Waals surface area contributed by atoms with Gasteiger partial charge < -0.3 is 15.5 Å². The zero-order valence-electron chi connectivity index (χ0n) is 9.98. The van der Waals surface area contributed by atoms with Gasteiger partial charge in [0.25, 0.3) is 0 Å². The van der Waals surface area contributed by atoms with Crippen molar-refractivity contribution in [2.75, 3.05) is 13.1 Å². The van der Waals surface area contributed by atoms with E-state index in [1.807, 2.05) is 37.3 Å². The largest absolute Gasteiger partial charge is 0.389 e. The van der Waals surface area contributed by atoms with Crippen LogP contribution in [0.3, 0.4) is 0 Å². The summed E-state index contributed by atoms with van der Waals surface area (Å²) < 4.78 is 0. The number of benzene rings is 1. The summed E-state index contributed by atoms with van der Waals surface area (Å²) >= 11 is 0. The van der Waals surface area contributed by atoms with Crippen molar-refractivity contribution < 1.29 is 10.2 Å². The van der Waals surface area contributed by atoms with E-state index >= 15 is 0 Å². The number of nitrogens with one attached hydrogen (secondary N) is 1. The van der Waals surface area contributed by atoms with Crippen LogP contribution in [0.2, 0.25) is 0 Å². The molecular weight excluding hydrogens is 202 g/mol. The van der Waals surface area contributed by atoms with Crippen LogP contribution in [0.15, 0.2) is 30.3 Å². The normalized spacial score (nSPS) is 16.8. The fraction of sp³-hybridized carbons (Fsp3) is 0.538. The second-order valence-corrected chi connectivity index (χ2v) is 4.41. The van der Waals surface area contributed by atoms with Gasteiger partial charge >= 0.3 is 0 Å². The quantitative estimate of drug-likeness (QED) is 0.684. The van der Waals surface area contributed by atoms with Crippen LogP contribution in [-0.4, -0.2) is 28.9 Å². The molecule has 2 unspecified atom stereocenters. The molecule has 0 aliphatic rings. The Morgan fingerprint density at radius 1 is 1.31 bits per heavy atom. The lowest BCUT2D eigenvalue weighted by atomic mass is 10.0. The predicted molar refractivity (Wildman–Crippen MR) is 65.2 cm³/mol. The average Bonchev–Trinajstić information content (AvgIpc) is 2.30. The van der Waals surface area contributed by atoms with E-state index < -0.39 is 11.7 Å². The van der Waals surface area contributed by atoms with E-state index in [-0.39, 0.29) is 0 Å². The maximum atomic E-state index is 9.85. The van der Waals surface area contributed by atoms with Gasteiger partial charge in [-0.3, -0.25) is 0 Å². The van der Waals surface area contributed by atoms with Crippen molar-refractivity contribution in [3.8, 4) is 0 Å². The van der Waals surface area contributed by atoms with Gasteiger partial charge in [-0.2, -0.15) is 0 Å². The first-order valence-corrected chi connectivity index (χ1v) is 5.71. The summed E-state index contributed by atoms with van der Waals surface area (Å²) in [6.07, 6.45) is 0.176. The molecule has 1 aromatic rings. The van der Waals surface area contributed by atoms with Crippen LogP contribution in [-0.2, 0) is 0 Å². The molecule has 0 bridgehead atoms. The summed E-state index contributed by atoms with van der Waals surface area (Å²) in [5, 5.41) is 22.7. The summed E-state index contributed by atoms with van der Waals surface area (Å²) in [5.74, 6) is 0. The molecule has 0 aliphatic heterocycles. The van der Waals surface area contributed by atoms with E-state index in [1.165, 1.54) is 0 Å². The van der Waals surface area contributed by atoms with E-state index in [2.05, 4.69) is 5.32 Å². The molecule has 3 nitrogen and oxygen atoms in total. The van der Waals surface area contributed by atoms with Crippen molar-refractivity contribution >= 4 is 0 Å². The third kappa shape index (κ3) is 4.31. The molecule has 2 atom stereocenters. The number of aliphatic hydroxyl groups excluding tert-OH is 1. The molecule has 0 aliphatic carbocycles. The minimum atomic E-state index is -0.698. The first-order valence-electron chi connectivity index (χ1n) is 5.71. The van der Waals surface area contributed by atoms with Gasteiger partial charge in [-0.25, -0.2) is 0 Å². The monoisotopic (exact) mass is 223 g/mol. The van der Waals surface area contributed by atoms with Crippen LogP contribution in [0.1, 0.15) is 31.9 Å². The number of aliphatic hydroxyl groups is 2. The summed E-state index contributed by atoms with van der Waals surface area (Å²) in [4.78, 5) is 0. The third-order valence-corrected chi connectivity index (χ3v) is 2.79. The van der Waals surface area contributed by atoms with Crippen molar-refractivity contribution in [3.05, 3.63) is 35.9 Å². The van der Waals surface area contributed by atoms with Crippen molar-refractivity contribution in [1.29, 1.82) is 0 Å². The molecule has 90 valence electrons. The molecule has 0 amide bonds. The number of rotatable bonds is 6. The Labute approximate surface area is 97.1 Å². The Morgan fingerprint density at radius 2 is 1.94 bits per heavy atom. The van der Waals surface area contributed by atoms with Crippen LogP contribution < -0.4 is 5.32 Å².